The molecule has 1 aromatic carbocycles. The third-order valence-electron chi connectivity index (χ3n) is 2.32. The zero-order chi connectivity index (χ0) is 11.8. The molecule has 0 saturated heterocycles. The largest absolute Gasteiger partial charge is 0.494 e. The molecule has 1 N–H and O–H groups in total. The lowest BCUT2D eigenvalue weighted by molar-refractivity contribution is 0.308. The van der Waals surface area contributed by atoms with Crippen LogP contribution in [-0.4, -0.2) is 19.7 Å². The smallest absolute Gasteiger partial charge is 0.119 e. The second kappa shape index (κ2) is 7.69. The molecule has 0 bridgehead atoms. The summed E-state index contributed by atoms with van der Waals surface area (Å²) < 4.78 is 6.79. The van der Waals surface area contributed by atoms with Gasteiger partial charge in [0.05, 0.1) is 6.61 Å². The molecular formula is C13H20BrNO. The molecule has 0 amide bonds. The molecule has 0 spiro atoms. The average Bonchev–Trinajstić information content (AvgIpc) is 2.28. The quantitative estimate of drug-likeness (QED) is 0.774. The van der Waals surface area contributed by atoms with Gasteiger partial charge in [-0.15, -0.1) is 0 Å². The Kier molecular flexibility index (Phi) is 6.50. The summed E-state index contributed by atoms with van der Waals surface area (Å²) in [6, 6.07) is 6.08. The second-order valence-electron chi connectivity index (χ2n) is 3.86. The molecule has 1 aromatic rings. The van der Waals surface area contributed by atoms with Gasteiger partial charge < -0.3 is 10.1 Å². The third-order valence-corrected chi connectivity index (χ3v) is 3.21. The van der Waals surface area contributed by atoms with Gasteiger partial charge in [-0.2, -0.15) is 0 Å². The molecule has 16 heavy (non-hydrogen) atoms. The van der Waals surface area contributed by atoms with Crippen molar-refractivity contribution < 1.29 is 4.74 Å². The summed E-state index contributed by atoms with van der Waals surface area (Å²) in [5.41, 5.74) is 1.21. The van der Waals surface area contributed by atoms with E-state index in [0.29, 0.717) is 0 Å². The van der Waals surface area contributed by atoms with Crippen molar-refractivity contribution in [2.45, 2.75) is 26.7 Å². The lowest BCUT2D eigenvalue weighted by Gasteiger charge is -2.08. The van der Waals surface area contributed by atoms with Gasteiger partial charge in [0.25, 0.3) is 0 Å². The van der Waals surface area contributed by atoms with E-state index in [0.717, 1.165) is 36.3 Å². The Hall–Kier alpha value is -0.540. The SMILES string of the molecule is CCCNCCCOc1ccc(Br)c(C)c1. The minimum atomic E-state index is 0.776. The van der Waals surface area contributed by atoms with Crippen molar-refractivity contribution in [2.24, 2.45) is 0 Å². The van der Waals surface area contributed by atoms with Crippen LogP contribution in [0, 0.1) is 6.92 Å². The maximum atomic E-state index is 5.66. The molecule has 0 aliphatic rings. The third kappa shape index (κ3) is 4.99. The van der Waals surface area contributed by atoms with Crippen molar-refractivity contribution in [2.75, 3.05) is 19.7 Å². The normalized spacial score (nSPS) is 10.4. The Morgan fingerprint density at radius 2 is 2.12 bits per heavy atom. The van der Waals surface area contributed by atoms with Gasteiger partial charge in [-0.1, -0.05) is 22.9 Å². The summed E-state index contributed by atoms with van der Waals surface area (Å²) in [6.45, 7) is 7.15. The molecule has 0 saturated carbocycles. The van der Waals surface area contributed by atoms with Gasteiger partial charge in [0, 0.05) is 4.47 Å². The molecule has 0 unspecified atom stereocenters. The van der Waals surface area contributed by atoms with Crippen LogP contribution in [-0.2, 0) is 0 Å². The summed E-state index contributed by atoms with van der Waals surface area (Å²) in [7, 11) is 0. The average molecular weight is 286 g/mol. The zero-order valence-corrected chi connectivity index (χ0v) is 11.6. The van der Waals surface area contributed by atoms with Gasteiger partial charge in [0.15, 0.2) is 0 Å². The van der Waals surface area contributed by atoms with E-state index in [1.54, 1.807) is 0 Å². The molecule has 0 atom stereocenters. The van der Waals surface area contributed by atoms with Crippen molar-refractivity contribution in [3.8, 4) is 5.75 Å². The number of nitrogens with one attached hydrogen (secondary N) is 1. The predicted octanol–water partition coefficient (Wildman–Crippen LogP) is 3.53. The molecule has 0 fully saturated rings. The van der Waals surface area contributed by atoms with Crippen molar-refractivity contribution in [3.63, 3.8) is 0 Å². The zero-order valence-electron chi connectivity index (χ0n) is 10.1. The number of rotatable bonds is 7. The van der Waals surface area contributed by atoms with E-state index in [9.17, 15) is 0 Å². The van der Waals surface area contributed by atoms with Gasteiger partial charge in [-0.3, -0.25) is 0 Å². The highest BCUT2D eigenvalue weighted by molar-refractivity contribution is 9.10. The van der Waals surface area contributed by atoms with Gasteiger partial charge in [-0.05, 0) is 56.6 Å². The molecule has 0 aliphatic heterocycles. The molecule has 1 rings (SSSR count). The fourth-order valence-electron chi connectivity index (χ4n) is 1.40. The number of benzene rings is 1. The lowest BCUT2D eigenvalue weighted by atomic mass is 10.2. The Bertz CT molecular complexity index is 315. The number of hydrogen-bond donors (Lipinski definition) is 1. The van der Waals surface area contributed by atoms with Crippen LogP contribution in [0.25, 0.3) is 0 Å². The fraction of sp³-hybridized carbons (Fsp3) is 0.538. The van der Waals surface area contributed by atoms with Crippen molar-refractivity contribution >= 4 is 15.9 Å². The van der Waals surface area contributed by atoms with E-state index in [4.69, 9.17) is 4.74 Å². The lowest BCUT2D eigenvalue weighted by Crippen LogP contribution is -2.18. The van der Waals surface area contributed by atoms with Crippen LogP contribution in [0.4, 0.5) is 0 Å². The molecule has 2 nitrogen and oxygen atoms in total. The first kappa shape index (κ1) is 13.5. The predicted molar refractivity (Wildman–Crippen MR) is 72.2 cm³/mol. The van der Waals surface area contributed by atoms with Gasteiger partial charge >= 0.3 is 0 Å². The summed E-state index contributed by atoms with van der Waals surface area (Å²) in [4.78, 5) is 0. The highest BCUT2D eigenvalue weighted by Gasteiger charge is 1.97. The van der Waals surface area contributed by atoms with Crippen LogP contribution in [0.15, 0.2) is 22.7 Å². The van der Waals surface area contributed by atoms with Crippen LogP contribution in [0.3, 0.4) is 0 Å². The maximum absolute atomic E-state index is 5.66. The Morgan fingerprint density at radius 3 is 2.81 bits per heavy atom. The monoisotopic (exact) mass is 285 g/mol. The molecule has 0 aliphatic carbocycles. The number of aryl methyl sites for hydroxylation is 1. The molecule has 0 aromatic heterocycles. The van der Waals surface area contributed by atoms with Crippen LogP contribution in [0.1, 0.15) is 25.3 Å². The van der Waals surface area contributed by atoms with Crippen LogP contribution in [0.5, 0.6) is 5.75 Å². The van der Waals surface area contributed by atoms with E-state index < -0.39 is 0 Å². The number of halogens is 1. The van der Waals surface area contributed by atoms with Crippen molar-refractivity contribution in [1.29, 1.82) is 0 Å². The van der Waals surface area contributed by atoms with E-state index in [2.05, 4.69) is 41.2 Å². The number of hydrogen-bond acceptors (Lipinski definition) is 2. The molecule has 0 radical (unpaired) electrons. The van der Waals surface area contributed by atoms with Gasteiger partial charge in [-0.25, -0.2) is 0 Å². The maximum Gasteiger partial charge on any atom is 0.119 e. The first-order valence-corrected chi connectivity index (χ1v) is 6.63. The standard InChI is InChI=1S/C13H20BrNO/c1-3-7-15-8-4-9-16-12-5-6-13(14)11(2)10-12/h5-6,10,15H,3-4,7-9H2,1-2H3. The minimum absolute atomic E-state index is 0.776. The van der Waals surface area contributed by atoms with E-state index in [-0.39, 0.29) is 0 Å². The summed E-state index contributed by atoms with van der Waals surface area (Å²) in [5.74, 6) is 0.955. The molecular weight excluding hydrogens is 266 g/mol. The Labute approximate surface area is 107 Å². The summed E-state index contributed by atoms with van der Waals surface area (Å²) >= 11 is 3.47. The second-order valence-corrected chi connectivity index (χ2v) is 4.72. The first-order chi connectivity index (χ1) is 7.74. The number of ether oxygens (including phenoxy) is 1. The van der Waals surface area contributed by atoms with Crippen molar-refractivity contribution in [1.82, 2.24) is 5.32 Å². The van der Waals surface area contributed by atoms with Crippen LogP contribution in [0.2, 0.25) is 0 Å². The van der Waals surface area contributed by atoms with Crippen LogP contribution >= 0.6 is 15.9 Å². The van der Waals surface area contributed by atoms with E-state index in [1.807, 2.05) is 12.1 Å². The molecule has 90 valence electrons. The topological polar surface area (TPSA) is 21.3 Å². The minimum Gasteiger partial charge on any atom is -0.494 e. The van der Waals surface area contributed by atoms with Crippen molar-refractivity contribution in [3.05, 3.63) is 28.2 Å². The molecule has 3 heteroatoms. The summed E-state index contributed by atoms with van der Waals surface area (Å²) in [5, 5.41) is 3.35. The summed E-state index contributed by atoms with van der Waals surface area (Å²) in [6.07, 6.45) is 2.24. The van der Waals surface area contributed by atoms with Gasteiger partial charge in [0.1, 0.15) is 5.75 Å². The Morgan fingerprint density at radius 1 is 1.31 bits per heavy atom. The molecule has 0 heterocycles. The van der Waals surface area contributed by atoms with E-state index in [1.165, 1.54) is 12.0 Å². The van der Waals surface area contributed by atoms with Crippen LogP contribution < -0.4 is 10.1 Å². The fourth-order valence-corrected chi connectivity index (χ4v) is 1.64. The highest BCUT2D eigenvalue weighted by Crippen LogP contribution is 2.21. The van der Waals surface area contributed by atoms with Gasteiger partial charge in [0.2, 0.25) is 0 Å². The van der Waals surface area contributed by atoms with E-state index >= 15 is 0 Å². The highest BCUT2D eigenvalue weighted by atomic mass is 79.9. The Balaban J connectivity index is 2.19. The first-order valence-electron chi connectivity index (χ1n) is 5.83.